The maximum Gasteiger partial charge on any atom is 0.220 e. The summed E-state index contributed by atoms with van der Waals surface area (Å²) >= 11 is 6.25. The highest BCUT2D eigenvalue weighted by atomic mass is 35.5. The van der Waals surface area contributed by atoms with Gasteiger partial charge in [-0.3, -0.25) is 4.79 Å². The van der Waals surface area contributed by atoms with Gasteiger partial charge in [-0.1, -0.05) is 11.6 Å². The van der Waals surface area contributed by atoms with E-state index in [-0.39, 0.29) is 33.3 Å². The summed E-state index contributed by atoms with van der Waals surface area (Å²) in [5.74, 6) is -1.20. The molecule has 0 unspecified atom stereocenters. The molecule has 0 saturated carbocycles. The van der Waals surface area contributed by atoms with Gasteiger partial charge in [0, 0.05) is 38.1 Å². The van der Waals surface area contributed by atoms with Crippen molar-refractivity contribution in [2.75, 3.05) is 31.8 Å². The van der Waals surface area contributed by atoms with Gasteiger partial charge < -0.3 is 15.2 Å². The zero-order chi connectivity index (χ0) is 20.4. The minimum Gasteiger partial charge on any atom is -0.493 e. The van der Waals surface area contributed by atoms with E-state index in [1.54, 1.807) is 6.92 Å². The standard InChI is InChI=1S/C17H22ClN3O5S/c1-10-14(17(23)21(2)20-10)16(22)11-5-6-13(18)15(19-7-8-26-3)12(11)9-27(4,24)25/h5-6,19,23H,7-9H2,1-4H3. The third kappa shape index (κ3) is 4.79. The highest BCUT2D eigenvalue weighted by molar-refractivity contribution is 7.89. The van der Waals surface area contributed by atoms with Gasteiger partial charge in [-0.25, -0.2) is 13.1 Å². The molecule has 2 aromatic rings. The van der Waals surface area contributed by atoms with E-state index in [1.807, 2.05) is 0 Å². The lowest BCUT2D eigenvalue weighted by atomic mass is 9.97. The molecular weight excluding hydrogens is 394 g/mol. The first kappa shape index (κ1) is 21.2. The van der Waals surface area contributed by atoms with Crippen LogP contribution in [0.4, 0.5) is 5.69 Å². The van der Waals surface area contributed by atoms with E-state index in [1.165, 1.54) is 31.0 Å². The third-order valence-electron chi connectivity index (χ3n) is 3.94. The van der Waals surface area contributed by atoms with Crippen LogP contribution in [0.1, 0.15) is 27.2 Å². The fourth-order valence-corrected chi connectivity index (χ4v) is 3.83. The Balaban J connectivity index is 2.64. The lowest BCUT2D eigenvalue weighted by Gasteiger charge is -2.17. The van der Waals surface area contributed by atoms with Crippen molar-refractivity contribution in [3.63, 3.8) is 0 Å². The summed E-state index contributed by atoms with van der Waals surface area (Å²) < 4.78 is 30.1. The second-order valence-corrected chi connectivity index (χ2v) is 8.72. The Morgan fingerprint density at radius 1 is 1.41 bits per heavy atom. The number of hydrogen-bond donors (Lipinski definition) is 2. The predicted octanol–water partition coefficient (Wildman–Crippen LogP) is 1.92. The second kappa shape index (κ2) is 8.28. The van der Waals surface area contributed by atoms with Crippen molar-refractivity contribution in [2.24, 2.45) is 7.05 Å². The Kier molecular flexibility index (Phi) is 6.50. The molecule has 0 saturated heterocycles. The largest absolute Gasteiger partial charge is 0.493 e. The van der Waals surface area contributed by atoms with Gasteiger partial charge in [-0.2, -0.15) is 5.10 Å². The van der Waals surface area contributed by atoms with Crippen LogP contribution in [0.3, 0.4) is 0 Å². The molecule has 27 heavy (non-hydrogen) atoms. The van der Waals surface area contributed by atoms with E-state index in [2.05, 4.69) is 10.4 Å². The van der Waals surface area contributed by atoms with E-state index in [0.29, 0.717) is 24.5 Å². The quantitative estimate of drug-likeness (QED) is 0.500. The summed E-state index contributed by atoms with van der Waals surface area (Å²) in [5, 5.41) is 17.5. The Bertz CT molecular complexity index is 969. The van der Waals surface area contributed by atoms with E-state index < -0.39 is 15.6 Å². The summed E-state index contributed by atoms with van der Waals surface area (Å²) in [6, 6.07) is 2.97. The molecule has 0 fully saturated rings. The highest BCUT2D eigenvalue weighted by Crippen LogP contribution is 2.33. The monoisotopic (exact) mass is 415 g/mol. The molecular formula is C17H22ClN3O5S. The minimum atomic E-state index is -3.47. The first-order valence-electron chi connectivity index (χ1n) is 8.06. The number of rotatable bonds is 8. The molecule has 0 aliphatic carbocycles. The number of aromatic nitrogens is 2. The molecule has 10 heteroatoms. The number of carbonyl (C=O) groups is 1. The normalized spacial score (nSPS) is 11.6. The number of aromatic hydroxyl groups is 1. The van der Waals surface area contributed by atoms with Gasteiger partial charge in [0.1, 0.15) is 5.56 Å². The minimum absolute atomic E-state index is 0.0254. The average Bonchev–Trinajstić information content (AvgIpc) is 2.81. The number of anilines is 1. The van der Waals surface area contributed by atoms with Gasteiger partial charge in [0.15, 0.2) is 9.84 Å². The number of sulfone groups is 1. The van der Waals surface area contributed by atoms with Crippen LogP contribution in [-0.2, 0) is 27.4 Å². The van der Waals surface area contributed by atoms with E-state index in [0.717, 1.165) is 6.26 Å². The van der Waals surface area contributed by atoms with Gasteiger partial charge in [-0.05, 0) is 19.1 Å². The van der Waals surface area contributed by atoms with E-state index >= 15 is 0 Å². The van der Waals surface area contributed by atoms with Gasteiger partial charge >= 0.3 is 0 Å². The Hall–Kier alpha value is -2.10. The number of halogens is 1. The maximum atomic E-state index is 13.1. The molecule has 1 heterocycles. The van der Waals surface area contributed by atoms with Crippen molar-refractivity contribution in [2.45, 2.75) is 12.7 Å². The molecule has 2 N–H and O–H groups in total. The van der Waals surface area contributed by atoms with Crippen molar-refractivity contribution in [3.05, 3.63) is 39.5 Å². The second-order valence-electron chi connectivity index (χ2n) is 6.17. The smallest absolute Gasteiger partial charge is 0.220 e. The number of hydrogen-bond acceptors (Lipinski definition) is 7. The molecule has 0 spiro atoms. The third-order valence-corrected chi connectivity index (χ3v) is 5.07. The molecule has 8 nitrogen and oxygen atoms in total. The van der Waals surface area contributed by atoms with Crippen LogP contribution in [0, 0.1) is 6.92 Å². The van der Waals surface area contributed by atoms with Crippen molar-refractivity contribution in [1.29, 1.82) is 0 Å². The number of nitrogens with zero attached hydrogens (tertiary/aromatic N) is 2. The van der Waals surface area contributed by atoms with Gasteiger partial charge in [-0.15, -0.1) is 0 Å². The Morgan fingerprint density at radius 2 is 2.07 bits per heavy atom. The number of carbonyl (C=O) groups excluding carboxylic acids is 1. The average molecular weight is 416 g/mol. The number of ketones is 1. The molecule has 1 aromatic heterocycles. The zero-order valence-corrected chi connectivity index (χ0v) is 17.1. The fraction of sp³-hybridized carbons (Fsp3) is 0.412. The number of nitrogens with one attached hydrogen (secondary N) is 1. The van der Waals surface area contributed by atoms with E-state index in [4.69, 9.17) is 16.3 Å². The topological polar surface area (TPSA) is 111 Å². The van der Waals surface area contributed by atoms with Gasteiger partial charge in [0.25, 0.3) is 0 Å². The Morgan fingerprint density at radius 3 is 2.59 bits per heavy atom. The lowest BCUT2D eigenvalue weighted by Crippen LogP contribution is -2.16. The maximum absolute atomic E-state index is 13.1. The van der Waals surface area contributed by atoms with E-state index in [9.17, 15) is 18.3 Å². The molecule has 2 rings (SSSR count). The van der Waals surface area contributed by atoms with Crippen molar-refractivity contribution in [3.8, 4) is 5.88 Å². The highest BCUT2D eigenvalue weighted by Gasteiger charge is 2.26. The van der Waals surface area contributed by atoms with Gasteiger partial charge in [0.05, 0.1) is 28.8 Å². The first-order valence-corrected chi connectivity index (χ1v) is 10.5. The first-order chi connectivity index (χ1) is 12.6. The zero-order valence-electron chi connectivity index (χ0n) is 15.5. The van der Waals surface area contributed by atoms with Crippen LogP contribution >= 0.6 is 11.6 Å². The van der Waals surface area contributed by atoms with Crippen LogP contribution < -0.4 is 5.32 Å². The molecule has 0 atom stereocenters. The summed E-state index contributed by atoms with van der Waals surface area (Å²) in [5.41, 5.74) is 1.10. The number of methoxy groups -OCH3 is 1. The SMILES string of the molecule is COCCNc1c(Cl)ccc(C(=O)c2c(C)nn(C)c2O)c1CS(C)(=O)=O. The number of benzene rings is 1. The lowest BCUT2D eigenvalue weighted by molar-refractivity contribution is 0.103. The van der Waals surface area contributed by atoms with Gasteiger partial charge in [0.2, 0.25) is 11.7 Å². The molecule has 0 bridgehead atoms. The van der Waals surface area contributed by atoms with Crippen LogP contribution in [-0.4, -0.2) is 55.6 Å². The predicted molar refractivity (Wildman–Crippen MR) is 103 cm³/mol. The van der Waals surface area contributed by atoms with Crippen molar-refractivity contribution >= 4 is 32.9 Å². The van der Waals surface area contributed by atoms with Crippen LogP contribution in [0.25, 0.3) is 0 Å². The summed E-state index contributed by atoms with van der Waals surface area (Å²) in [4.78, 5) is 13.1. The van der Waals surface area contributed by atoms with Crippen LogP contribution in [0.15, 0.2) is 12.1 Å². The van der Waals surface area contributed by atoms with Crippen molar-refractivity contribution < 1.29 is 23.1 Å². The molecule has 0 amide bonds. The molecule has 0 aliphatic rings. The van der Waals surface area contributed by atoms with Crippen LogP contribution in [0.5, 0.6) is 5.88 Å². The molecule has 0 aliphatic heterocycles. The Labute approximate surface area is 163 Å². The summed E-state index contributed by atoms with van der Waals surface area (Å²) in [6.45, 7) is 2.34. The summed E-state index contributed by atoms with van der Waals surface area (Å²) in [7, 11) is -0.419. The van der Waals surface area contributed by atoms with Crippen LogP contribution in [0.2, 0.25) is 5.02 Å². The number of ether oxygens (including phenoxy) is 1. The molecule has 1 aromatic carbocycles. The summed E-state index contributed by atoms with van der Waals surface area (Å²) in [6.07, 6.45) is 1.08. The fourth-order valence-electron chi connectivity index (χ4n) is 2.76. The van der Waals surface area contributed by atoms with Crippen molar-refractivity contribution in [1.82, 2.24) is 9.78 Å². The molecule has 148 valence electrons. The molecule has 0 radical (unpaired) electrons. The number of aryl methyl sites for hydroxylation is 2.